The van der Waals surface area contributed by atoms with Gasteiger partial charge in [-0.05, 0) is 48.7 Å². The van der Waals surface area contributed by atoms with Crippen LogP contribution in [0.3, 0.4) is 0 Å². The van der Waals surface area contributed by atoms with Gasteiger partial charge in [0.05, 0.1) is 19.9 Å². The largest absolute Gasteiger partial charge is 0.497 e. The fraction of sp³-hybridized carbons (Fsp3) is 0.333. The Balaban J connectivity index is 1.83. The summed E-state index contributed by atoms with van der Waals surface area (Å²) in [6, 6.07) is 13.2. The molecule has 3 rings (SSSR count). The second kappa shape index (κ2) is 10.3. The summed E-state index contributed by atoms with van der Waals surface area (Å²) in [5, 5.41) is 2.56. The first kappa shape index (κ1) is 22.6. The summed E-state index contributed by atoms with van der Waals surface area (Å²) in [4.78, 5) is 19.5. The quantitative estimate of drug-likeness (QED) is 0.457. The molecule has 0 aliphatic heterocycles. The van der Waals surface area contributed by atoms with Gasteiger partial charge >= 0.3 is 0 Å². The van der Waals surface area contributed by atoms with E-state index in [0.717, 1.165) is 16.8 Å². The number of methoxy groups -OCH3 is 2. The van der Waals surface area contributed by atoms with Gasteiger partial charge in [0.25, 0.3) is 5.91 Å². The third kappa shape index (κ3) is 5.76. The van der Waals surface area contributed by atoms with Gasteiger partial charge in [0.15, 0.2) is 11.7 Å². The predicted molar refractivity (Wildman–Crippen MR) is 125 cm³/mol. The number of anilines is 1. The lowest BCUT2D eigenvalue weighted by Gasteiger charge is -2.22. The van der Waals surface area contributed by atoms with Crippen molar-refractivity contribution < 1.29 is 19.0 Å². The van der Waals surface area contributed by atoms with Crippen LogP contribution in [-0.2, 0) is 4.79 Å². The summed E-state index contributed by atoms with van der Waals surface area (Å²) >= 11 is 1.42. The highest BCUT2D eigenvalue weighted by atomic mass is 32.1. The Morgan fingerprint density at radius 1 is 1.10 bits per heavy atom. The molecule has 1 heterocycles. The number of nitrogens with zero attached hydrogens (tertiary/aromatic N) is 2. The lowest BCUT2D eigenvalue weighted by atomic mass is 10.1. The van der Waals surface area contributed by atoms with Crippen LogP contribution in [0.5, 0.6) is 17.2 Å². The van der Waals surface area contributed by atoms with Crippen LogP contribution < -0.4 is 19.1 Å². The van der Waals surface area contributed by atoms with Crippen molar-refractivity contribution in [1.82, 2.24) is 4.98 Å². The van der Waals surface area contributed by atoms with Crippen molar-refractivity contribution in [2.75, 3.05) is 32.3 Å². The summed E-state index contributed by atoms with van der Waals surface area (Å²) in [7, 11) is 3.24. The molecule has 1 aromatic heterocycles. The number of thiazole rings is 1. The molecule has 3 aromatic rings. The molecular weight excluding hydrogens is 412 g/mol. The summed E-state index contributed by atoms with van der Waals surface area (Å²) < 4.78 is 16.6. The van der Waals surface area contributed by atoms with Gasteiger partial charge in [-0.25, -0.2) is 4.98 Å². The van der Waals surface area contributed by atoms with Gasteiger partial charge in [-0.3, -0.25) is 9.69 Å². The van der Waals surface area contributed by atoms with Crippen LogP contribution >= 0.6 is 11.3 Å². The summed E-state index contributed by atoms with van der Waals surface area (Å²) in [6.45, 7) is 6.64. The van der Waals surface area contributed by atoms with Gasteiger partial charge in [0, 0.05) is 17.5 Å². The van der Waals surface area contributed by atoms with E-state index in [4.69, 9.17) is 19.2 Å². The van der Waals surface area contributed by atoms with Crippen molar-refractivity contribution in [1.29, 1.82) is 0 Å². The molecule has 0 atom stereocenters. The number of ether oxygens (including phenoxy) is 3. The van der Waals surface area contributed by atoms with E-state index in [-0.39, 0.29) is 18.4 Å². The van der Waals surface area contributed by atoms with Gasteiger partial charge < -0.3 is 14.2 Å². The molecule has 31 heavy (non-hydrogen) atoms. The molecule has 2 aromatic carbocycles. The lowest BCUT2D eigenvalue weighted by molar-refractivity contribution is -0.120. The van der Waals surface area contributed by atoms with Crippen molar-refractivity contribution in [3.63, 3.8) is 0 Å². The van der Waals surface area contributed by atoms with E-state index >= 15 is 0 Å². The molecule has 0 fully saturated rings. The number of rotatable bonds is 9. The molecule has 0 unspecified atom stereocenters. The van der Waals surface area contributed by atoms with Crippen LogP contribution in [0.25, 0.3) is 11.3 Å². The molecule has 0 saturated carbocycles. The molecule has 0 bridgehead atoms. The van der Waals surface area contributed by atoms with E-state index in [1.54, 1.807) is 19.1 Å². The third-order valence-corrected chi connectivity index (χ3v) is 5.47. The average Bonchev–Trinajstić information content (AvgIpc) is 3.25. The Labute approximate surface area is 187 Å². The maximum Gasteiger partial charge on any atom is 0.266 e. The Hall–Kier alpha value is -3.06. The molecule has 164 valence electrons. The Bertz CT molecular complexity index is 1030. The fourth-order valence-corrected chi connectivity index (χ4v) is 3.96. The minimum atomic E-state index is -0.131. The second-order valence-corrected chi connectivity index (χ2v) is 8.42. The Morgan fingerprint density at radius 2 is 1.90 bits per heavy atom. The van der Waals surface area contributed by atoms with Crippen molar-refractivity contribution in [2.45, 2.75) is 20.8 Å². The molecule has 0 aliphatic rings. The van der Waals surface area contributed by atoms with Crippen molar-refractivity contribution in [3.8, 4) is 28.5 Å². The number of aromatic nitrogens is 1. The molecule has 0 N–H and O–H groups in total. The maximum atomic E-state index is 13.0. The number of benzene rings is 2. The van der Waals surface area contributed by atoms with Gasteiger partial charge in [-0.1, -0.05) is 26.0 Å². The lowest BCUT2D eigenvalue weighted by Crippen LogP contribution is -2.37. The fourth-order valence-electron chi connectivity index (χ4n) is 3.11. The summed E-state index contributed by atoms with van der Waals surface area (Å²) in [5.74, 6) is 2.24. The van der Waals surface area contributed by atoms with Gasteiger partial charge in [-0.15, -0.1) is 11.3 Å². The standard InChI is InChI=1S/C24H28N2O4S/c1-16(2)13-26(23(27)14-30-19-8-6-7-17(3)11-19)24-25-21(15-31-24)20-12-18(28-4)9-10-22(20)29-5/h6-12,15-16H,13-14H2,1-5H3. The zero-order chi connectivity index (χ0) is 22.4. The number of amides is 1. The number of aryl methyl sites for hydroxylation is 1. The van der Waals surface area contributed by atoms with Crippen LogP contribution in [-0.4, -0.2) is 38.3 Å². The maximum absolute atomic E-state index is 13.0. The van der Waals surface area contributed by atoms with Crippen LogP contribution in [0.2, 0.25) is 0 Å². The van der Waals surface area contributed by atoms with Crippen molar-refractivity contribution in [3.05, 3.63) is 53.4 Å². The molecule has 1 amide bonds. The third-order valence-electron chi connectivity index (χ3n) is 4.61. The van der Waals surface area contributed by atoms with E-state index in [1.807, 2.05) is 54.8 Å². The average molecular weight is 441 g/mol. The Morgan fingerprint density at radius 3 is 2.58 bits per heavy atom. The molecule has 0 aliphatic carbocycles. The first-order valence-electron chi connectivity index (χ1n) is 10.1. The minimum absolute atomic E-state index is 0.0480. The highest BCUT2D eigenvalue weighted by Crippen LogP contribution is 2.36. The van der Waals surface area contributed by atoms with E-state index < -0.39 is 0 Å². The minimum Gasteiger partial charge on any atom is -0.497 e. The van der Waals surface area contributed by atoms with E-state index in [0.29, 0.717) is 28.9 Å². The van der Waals surface area contributed by atoms with Crippen LogP contribution in [0, 0.1) is 12.8 Å². The molecular formula is C24H28N2O4S. The summed E-state index contributed by atoms with van der Waals surface area (Å²) in [5.41, 5.74) is 2.63. The van der Waals surface area contributed by atoms with Crippen LogP contribution in [0.15, 0.2) is 47.8 Å². The Kier molecular flexibility index (Phi) is 7.52. The molecule has 0 spiro atoms. The number of hydrogen-bond acceptors (Lipinski definition) is 6. The summed E-state index contributed by atoms with van der Waals surface area (Å²) in [6.07, 6.45) is 0. The van der Waals surface area contributed by atoms with E-state index in [9.17, 15) is 4.79 Å². The highest BCUT2D eigenvalue weighted by molar-refractivity contribution is 7.14. The van der Waals surface area contributed by atoms with Gasteiger partial charge in [0.1, 0.15) is 17.2 Å². The van der Waals surface area contributed by atoms with Gasteiger partial charge in [-0.2, -0.15) is 0 Å². The van der Waals surface area contributed by atoms with Crippen molar-refractivity contribution in [2.24, 2.45) is 5.92 Å². The topological polar surface area (TPSA) is 60.9 Å². The molecule has 0 radical (unpaired) electrons. The van der Waals surface area contributed by atoms with Crippen LogP contribution in [0.1, 0.15) is 19.4 Å². The zero-order valence-electron chi connectivity index (χ0n) is 18.5. The van der Waals surface area contributed by atoms with Crippen LogP contribution in [0.4, 0.5) is 5.13 Å². The van der Waals surface area contributed by atoms with Crippen molar-refractivity contribution >= 4 is 22.4 Å². The van der Waals surface area contributed by atoms with E-state index in [2.05, 4.69) is 13.8 Å². The number of carbonyl (C=O) groups is 1. The van der Waals surface area contributed by atoms with Gasteiger partial charge in [0.2, 0.25) is 0 Å². The highest BCUT2D eigenvalue weighted by Gasteiger charge is 2.22. The SMILES string of the molecule is COc1ccc(OC)c(-c2csc(N(CC(C)C)C(=O)COc3cccc(C)c3)n2)c1. The zero-order valence-corrected chi connectivity index (χ0v) is 19.4. The molecule has 6 nitrogen and oxygen atoms in total. The number of carbonyl (C=O) groups excluding carboxylic acids is 1. The molecule has 0 saturated heterocycles. The normalized spacial score (nSPS) is 10.8. The first-order valence-corrected chi connectivity index (χ1v) is 11.0. The number of hydrogen-bond donors (Lipinski definition) is 0. The molecule has 7 heteroatoms. The predicted octanol–water partition coefficient (Wildman–Crippen LogP) is 5.20. The monoisotopic (exact) mass is 440 g/mol. The van der Waals surface area contributed by atoms with E-state index in [1.165, 1.54) is 11.3 Å². The first-order chi connectivity index (χ1) is 14.9. The smallest absolute Gasteiger partial charge is 0.266 e. The second-order valence-electron chi connectivity index (χ2n) is 7.58.